The summed E-state index contributed by atoms with van der Waals surface area (Å²) in [5.74, 6) is 0. The fourth-order valence-corrected chi connectivity index (χ4v) is 2.18. The SMILES string of the molecule is CC(C)(C)c1cccc(NC2CCOCC2O)c1. The van der Waals surface area contributed by atoms with Gasteiger partial charge in [0.2, 0.25) is 0 Å². The molecule has 0 radical (unpaired) electrons. The van der Waals surface area contributed by atoms with Gasteiger partial charge in [0.1, 0.15) is 0 Å². The molecule has 1 heterocycles. The molecule has 1 fully saturated rings. The predicted octanol–water partition coefficient (Wildman–Crippen LogP) is 2.55. The molecule has 1 aromatic rings. The highest BCUT2D eigenvalue weighted by Gasteiger charge is 2.23. The second-order valence-electron chi connectivity index (χ2n) is 6.01. The lowest BCUT2D eigenvalue weighted by atomic mass is 9.87. The fourth-order valence-electron chi connectivity index (χ4n) is 2.18. The summed E-state index contributed by atoms with van der Waals surface area (Å²) in [6, 6.07) is 8.52. The molecule has 0 aliphatic carbocycles. The van der Waals surface area contributed by atoms with Crippen molar-refractivity contribution < 1.29 is 9.84 Å². The summed E-state index contributed by atoms with van der Waals surface area (Å²) in [5.41, 5.74) is 2.52. The lowest BCUT2D eigenvalue weighted by Gasteiger charge is -2.30. The van der Waals surface area contributed by atoms with Crippen LogP contribution >= 0.6 is 0 Å². The summed E-state index contributed by atoms with van der Waals surface area (Å²) in [6.45, 7) is 7.75. The van der Waals surface area contributed by atoms with Gasteiger partial charge in [0.15, 0.2) is 0 Å². The van der Waals surface area contributed by atoms with E-state index in [2.05, 4.69) is 50.4 Å². The second kappa shape index (κ2) is 5.29. The molecule has 2 rings (SSSR count). The van der Waals surface area contributed by atoms with E-state index in [1.165, 1.54) is 5.56 Å². The number of rotatable bonds is 2. The fraction of sp³-hybridized carbons (Fsp3) is 0.600. The highest BCUT2D eigenvalue weighted by atomic mass is 16.5. The first-order valence-corrected chi connectivity index (χ1v) is 6.60. The third-order valence-corrected chi connectivity index (χ3v) is 3.41. The molecule has 1 aliphatic rings. The van der Waals surface area contributed by atoms with Crippen molar-refractivity contribution in [3.63, 3.8) is 0 Å². The van der Waals surface area contributed by atoms with Gasteiger partial charge in [-0.15, -0.1) is 0 Å². The molecular weight excluding hydrogens is 226 g/mol. The minimum atomic E-state index is -0.419. The van der Waals surface area contributed by atoms with Gasteiger partial charge in [-0.3, -0.25) is 0 Å². The van der Waals surface area contributed by atoms with Crippen molar-refractivity contribution >= 4 is 5.69 Å². The first-order valence-electron chi connectivity index (χ1n) is 6.60. The zero-order valence-electron chi connectivity index (χ0n) is 11.4. The molecule has 0 spiro atoms. The molecule has 2 N–H and O–H groups in total. The Hall–Kier alpha value is -1.06. The maximum atomic E-state index is 9.87. The number of benzene rings is 1. The van der Waals surface area contributed by atoms with E-state index in [4.69, 9.17) is 4.74 Å². The van der Waals surface area contributed by atoms with Gasteiger partial charge >= 0.3 is 0 Å². The quantitative estimate of drug-likeness (QED) is 0.846. The number of nitrogens with one attached hydrogen (secondary N) is 1. The lowest BCUT2D eigenvalue weighted by Crippen LogP contribution is -2.41. The summed E-state index contributed by atoms with van der Waals surface area (Å²) >= 11 is 0. The van der Waals surface area contributed by atoms with Gasteiger partial charge in [0.25, 0.3) is 0 Å². The molecule has 18 heavy (non-hydrogen) atoms. The largest absolute Gasteiger partial charge is 0.389 e. The maximum absolute atomic E-state index is 9.87. The lowest BCUT2D eigenvalue weighted by molar-refractivity contribution is -0.0134. The molecule has 1 aliphatic heterocycles. The highest BCUT2D eigenvalue weighted by Crippen LogP contribution is 2.25. The molecule has 2 unspecified atom stereocenters. The van der Waals surface area contributed by atoms with Gasteiger partial charge in [0.05, 0.1) is 18.8 Å². The van der Waals surface area contributed by atoms with Crippen LogP contribution in [0.2, 0.25) is 0 Å². The summed E-state index contributed by atoms with van der Waals surface area (Å²) in [6.07, 6.45) is 0.429. The van der Waals surface area contributed by atoms with Gasteiger partial charge in [-0.05, 0) is 29.5 Å². The monoisotopic (exact) mass is 249 g/mol. The highest BCUT2D eigenvalue weighted by molar-refractivity contribution is 5.48. The van der Waals surface area contributed by atoms with Crippen LogP contribution in [0.25, 0.3) is 0 Å². The van der Waals surface area contributed by atoms with Crippen LogP contribution in [0, 0.1) is 0 Å². The van der Waals surface area contributed by atoms with E-state index < -0.39 is 6.10 Å². The van der Waals surface area contributed by atoms with E-state index in [0.29, 0.717) is 13.2 Å². The Morgan fingerprint density at radius 3 is 2.78 bits per heavy atom. The topological polar surface area (TPSA) is 41.5 Å². The summed E-state index contributed by atoms with van der Waals surface area (Å²) in [7, 11) is 0. The molecule has 100 valence electrons. The molecule has 0 aromatic heterocycles. The van der Waals surface area contributed by atoms with Crippen molar-refractivity contribution in [2.45, 2.75) is 44.8 Å². The van der Waals surface area contributed by atoms with Crippen LogP contribution in [0.5, 0.6) is 0 Å². The molecular formula is C15H23NO2. The molecule has 0 amide bonds. The summed E-state index contributed by atoms with van der Waals surface area (Å²) < 4.78 is 5.24. The standard InChI is InChI=1S/C15H23NO2/c1-15(2,3)11-5-4-6-12(9-11)16-13-7-8-18-10-14(13)17/h4-6,9,13-14,16-17H,7-8,10H2,1-3H3. The average molecular weight is 249 g/mol. The maximum Gasteiger partial charge on any atom is 0.0974 e. The van der Waals surface area contributed by atoms with Crippen molar-refractivity contribution in [3.8, 4) is 0 Å². The van der Waals surface area contributed by atoms with Crippen molar-refractivity contribution in [3.05, 3.63) is 29.8 Å². The van der Waals surface area contributed by atoms with Crippen LogP contribution < -0.4 is 5.32 Å². The number of ether oxygens (including phenoxy) is 1. The second-order valence-corrected chi connectivity index (χ2v) is 6.01. The van der Waals surface area contributed by atoms with Gasteiger partial charge < -0.3 is 15.2 Å². The minimum absolute atomic E-state index is 0.0916. The predicted molar refractivity (Wildman–Crippen MR) is 74.0 cm³/mol. The van der Waals surface area contributed by atoms with Gasteiger partial charge in [-0.25, -0.2) is 0 Å². The number of hydrogen-bond donors (Lipinski definition) is 2. The van der Waals surface area contributed by atoms with Gasteiger partial charge in [-0.1, -0.05) is 32.9 Å². The average Bonchev–Trinajstić information content (AvgIpc) is 2.31. The van der Waals surface area contributed by atoms with E-state index >= 15 is 0 Å². The first-order chi connectivity index (χ1) is 8.47. The van der Waals surface area contributed by atoms with E-state index in [1.54, 1.807) is 0 Å². The molecule has 2 atom stereocenters. The van der Waals surface area contributed by atoms with Crippen LogP contribution in [0.3, 0.4) is 0 Å². The van der Waals surface area contributed by atoms with E-state index in [-0.39, 0.29) is 11.5 Å². The Balaban J connectivity index is 2.09. The Labute approximate surface area is 109 Å². The van der Waals surface area contributed by atoms with Gasteiger partial charge in [-0.2, -0.15) is 0 Å². The smallest absolute Gasteiger partial charge is 0.0974 e. The minimum Gasteiger partial charge on any atom is -0.389 e. The first kappa shape index (κ1) is 13.4. The molecule has 0 saturated carbocycles. The van der Waals surface area contributed by atoms with Crippen LogP contribution in [-0.4, -0.2) is 30.5 Å². The molecule has 1 saturated heterocycles. The van der Waals surface area contributed by atoms with Crippen molar-refractivity contribution in [2.75, 3.05) is 18.5 Å². The van der Waals surface area contributed by atoms with Crippen LogP contribution in [0.1, 0.15) is 32.8 Å². The Morgan fingerprint density at radius 1 is 1.33 bits per heavy atom. The van der Waals surface area contributed by atoms with Crippen LogP contribution in [0.15, 0.2) is 24.3 Å². The van der Waals surface area contributed by atoms with Crippen LogP contribution in [0.4, 0.5) is 5.69 Å². The van der Waals surface area contributed by atoms with Crippen molar-refractivity contribution in [1.82, 2.24) is 0 Å². The van der Waals surface area contributed by atoms with Crippen molar-refractivity contribution in [1.29, 1.82) is 0 Å². The van der Waals surface area contributed by atoms with E-state index in [9.17, 15) is 5.11 Å². The third kappa shape index (κ3) is 3.24. The summed E-state index contributed by atoms with van der Waals surface area (Å²) in [4.78, 5) is 0. The van der Waals surface area contributed by atoms with Crippen molar-refractivity contribution in [2.24, 2.45) is 0 Å². The zero-order valence-corrected chi connectivity index (χ0v) is 11.4. The Bertz CT molecular complexity index is 398. The number of aliphatic hydroxyl groups is 1. The third-order valence-electron chi connectivity index (χ3n) is 3.41. The van der Waals surface area contributed by atoms with E-state index in [1.807, 2.05) is 0 Å². The Kier molecular flexibility index (Phi) is 3.93. The Morgan fingerprint density at radius 2 is 2.11 bits per heavy atom. The zero-order chi connectivity index (χ0) is 13.2. The summed E-state index contributed by atoms with van der Waals surface area (Å²) in [5, 5.41) is 13.3. The molecule has 1 aromatic carbocycles. The number of anilines is 1. The van der Waals surface area contributed by atoms with Gasteiger partial charge in [0, 0.05) is 12.3 Å². The molecule has 3 nitrogen and oxygen atoms in total. The van der Waals surface area contributed by atoms with E-state index in [0.717, 1.165) is 12.1 Å². The molecule has 3 heteroatoms. The number of aliphatic hydroxyl groups excluding tert-OH is 1. The normalized spacial score (nSPS) is 24.9. The van der Waals surface area contributed by atoms with Crippen LogP contribution in [-0.2, 0) is 10.2 Å². The molecule has 0 bridgehead atoms. The number of hydrogen-bond acceptors (Lipinski definition) is 3.